The number of ketones is 1. The van der Waals surface area contributed by atoms with E-state index in [0.717, 1.165) is 17.4 Å². The Labute approximate surface area is 176 Å². The quantitative estimate of drug-likeness (QED) is 0.561. The molecule has 0 aromatic heterocycles. The van der Waals surface area contributed by atoms with Gasteiger partial charge in [0.1, 0.15) is 11.4 Å². The SMILES string of the molecule is CC12CCC(C1)C1(C)Oc3ccc(C(=O)c4ccc(C=CC(=O)O)cc4)cc3C21C. The summed E-state index contributed by atoms with van der Waals surface area (Å²) in [6.45, 7) is 6.97. The third kappa shape index (κ3) is 2.33. The third-order valence-corrected chi connectivity index (χ3v) is 8.41. The Bertz CT molecular complexity index is 1100. The molecule has 1 N–H and O–H groups in total. The molecule has 2 aliphatic carbocycles. The van der Waals surface area contributed by atoms with E-state index in [-0.39, 0.29) is 22.2 Å². The lowest BCUT2D eigenvalue weighted by atomic mass is 9.56. The van der Waals surface area contributed by atoms with Crippen LogP contribution in [-0.4, -0.2) is 22.5 Å². The fourth-order valence-electron chi connectivity index (χ4n) is 6.41. The zero-order valence-electron chi connectivity index (χ0n) is 17.6. The number of carbonyl (C=O) groups excluding carboxylic acids is 1. The molecule has 2 aromatic carbocycles. The maximum atomic E-state index is 13.2. The van der Waals surface area contributed by atoms with E-state index in [0.29, 0.717) is 17.0 Å². The van der Waals surface area contributed by atoms with E-state index in [9.17, 15) is 9.59 Å². The molecule has 154 valence electrons. The summed E-state index contributed by atoms with van der Waals surface area (Å²) in [6.07, 6.45) is 6.20. The van der Waals surface area contributed by atoms with Gasteiger partial charge in [-0.05, 0) is 67.4 Å². The molecule has 4 atom stereocenters. The maximum absolute atomic E-state index is 13.2. The number of hydrogen-bond acceptors (Lipinski definition) is 3. The van der Waals surface area contributed by atoms with Crippen molar-refractivity contribution in [2.24, 2.45) is 11.3 Å². The zero-order chi connectivity index (χ0) is 21.3. The van der Waals surface area contributed by atoms with Crippen LogP contribution in [0.3, 0.4) is 0 Å². The van der Waals surface area contributed by atoms with Crippen molar-refractivity contribution in [2.45, 2.75) is 51.0 Å². The molecule has 2 aromatic rings. The lowest BCUT2D eigenvalue weighted by Gasteiger charge is -2.48. The molecule has 30 heavy (non-hydrogen) atoms. The molecular weight excluding hydrogens is 376 g/mol. The Kier molecular flexibility index (Phi) is 3.86. The lowest BCUT2D eigenvalue weighted by Crippen LogP contribution is -2.54. The van der Waals surface area contributed by atoms with E-state index < -0.39 is 5.97 Å². The summed E-state index contributed by atoms with van der Waals surface area (Å²) in [5.74, 6) is 0.455. The summed E-state index contributed by atoms with van der Waals surface area (Å²) in [4.78, 5) is 23.9. The molecule has 4 nitrogen and oxygen atoms in total. The second kappa shape index (κ2) is 6.07. The first-order valence-electron chi connectivity index (χ1n) is 10.6. The molecule has 0 spiro atoms. The Morgan fingerprint density at radius 3 is 2.47 bits per heavy atom. The molecule has 0 amide bonds. The minimum atomic E-state index is -0.995. The number of benzene rings is 2. The minimum absolute atomic E-state index is 0.0305. The molecule has 2 bridgehead atoms. The van der Waals surface area contributed by atoms with Gasteiger partial charge >= 0.3 is 5.97 Å². The van der Waals surface area contributed by atoms with E-state index in [1.165, 1.54) is 30.9 Å². The van der Waals surface area contributed by atoms with Crippen LogP contribution < -0.4 is 4.74 Å². The number of hydrogen-bond donors (Lipinski definition) is 1. The highest BCUT2D eigenvalue weighted by molar-refractivity contribution is 6.09. The number of rotatable bonds is 4. The smallest absolute Gasteiger partial charge is 0.328 e. The van der Waals surface area contributed by atoms with Gasteiger partial charge in [-0.2, -0.15) is 0 Å². The van der Waals surface area contributed by atoms with Crippen LogP contribution in [0.1, 0.15) is 67.1 Å². The number of carboxylic acid groups (broad SMARTS) is 1. The topological polar surface area (TPSA) is 63.6 Å². The molecule has 1 aliphatic heterocycles. The fourth-order valence-corrected chi connectivity index (χ4v) is 6.41. The van der Waals surface area contributed by atoms with Gasteiger partial charge in [0.25, 0.3) is 0 Å². The molecule has 4 heteroatoms. The van der Waals surface area contributed by atoms with Gasteiger partial charge in [-0.15, -0.1) is 0 Å². The monoisotopic (exact) mass is 402 g/mol. The van der Waals surface area contributed by atoms with Crippen LogP contribution in [0.2, 0.25) is 0 Å². The highest BCUT2D eigenvalue weighted by atomic mass is 16.5. The average molecular weight is 402 g/mol. The molecule has 5 rings (SSSR count). The van der Waals surface area contributed by atoms with Crippen molar-refractivity contribution < 1.29 is 19.4 Å². The van der Waals surface area contributed by atoms with E-state index >= 15 is 0 Å². The van der Waals surface area contributed by atoms with Gasteiger partial charge in [-0.3, -0.25) is 4.79 Å². The normalized spacial score (nSPS) is 33.4. The van der Waals surface area contributed by atoms with Gasteiger partial charge in [0.2, 0.25) is 0 Å². The summed E-state index contributed by atoms with van der Waals surface area (Å²) in [5.41, 5.74) is 3.06. The predicted molar refractivity (Wildman–Crippen MR) is 115 cm³/mol. The molecule has 0 saturated heterocycles. The van der Waals surface area contributed by atoms with Crippen molar-refractivity contribution in [3.8, 4) is 5.75 Å². The van der Waals surface area contributed by atoms with Crippen LogP contribution in [0.5, 0.6) is 5.75 Å². The molecule has 1 heterocycles. The highest BCUT2D eigenvalue weighted by Gasteiger charge is 2.73. The molecular formula is C26H26O4. The highest BCUT2D eigenvalue weighted by Crippen LogP contribution is 2.73. The Hall–Kier alpha value is -2.88. The second-order valence-corrected chi connectivity index (χ2v) is 9.67. The Balaban J connectivity index is 1.49. The van der Waals surface area contributed by atoms with Crippen LogP contribution in [0.15, 0.2) is 48.5 Å². The van der Waals surface area contributed by atoms with Gasteiger partial charge in [-0.1, -0.05) is 38.1 Å². The molecule has 4 unspecified atom stereocenters. The predicted octanol–water partition coefficient (Wildman–Crippen LogP) is 5.24. The summed E-state index contributed by atoms with van der Waals surface area (Å²) in [6, 6.07) is 12.9. The zero-order valence-corrected chi connectivity index (χ0v) is 17.6. The van der Waals surface area contributed by atoms with Crippen molar-refractivity contribution in [1.29, 1.82) is 0 Å². The number of carbonyl (C=O) groups is 2. The van der Waals surface area contributed by atoms with Crippen molar-refractivity contribution in [1.82, 2.24) is 0 Å². The Morgan fingerprint density at radius 1 is 1.07 bits per heavy atom. The number of ether oxygens (including phenoxy) is 1. The van der Waals surface area contributed by atoms with E-state index in [4.69, 9.17) is 9.84 Å². The van der Waals surface area contributed by atoms with Crippen molar-refractivity contribution in [3.05, 3.63) is 70.8 Å². The summed E-state index contributed by atoms with van der Waals surface area (Å²) >= 11 is 0. The number of fused-ring (bicyclic) bond motifs is 7. The maximum Gasteiger partial charge on any atom is 0.328 e. The first-order chi connectivity index (χ1) is 14.2. The van der Waals surface area contributed by atoms with Crippen LogP contribution in [-0.2, 0) is 10.2 Å². The van der Waals surface area contributed by atoms with Crippen molar-refractivity contribution >= 4 is 17.8 Å². The van der Waals surface area contributed by atoms with Crippen LogP contribution in [0, 0.1) is 11.3 Å². The summed E-state index contributed by atoms with van der Waals surface area (Å²) in [7, 11) is 0. The van der Waals surface area contributed by atoms with Crippen LogP contribution in [0.4, 0.5) is 0 Å². The standard InChI is InChI=1S/C26H26O4/c1-24-13-12-19(15-24)26(3)25(24,2)20-14-18(9-10-21(20)30-26)23(29)17-7-4-16(5-8-17)6-11-22(27)28/h4-11,14,19H,12-13,15H2,1-3H3,(H,27,28). The van der Waals surface area contributed by atoms with Crippen molar-refractivity contribution in [3.63, 3.8) is 0 Å². The van der Waals surface area contributed by atoms with Gasteiger partial charge in [0.15, 0.2) is 5.78 Å². The van der Waals surface area contributed by atoms with Gasteiger partial charge in [-0.25, -0.2) is 4.79 Å². The fraction of sp³-hybridized carbons (Fsp3) is 0.385. The van der Waals surface area contributed by atoms with Gasteiger partial charge in [0, 0.05) is 28.2 Å². The third-order valence-electron chi connectivity index (χ3n) is 8.41. The van der Waals surface area contributed by atoms with E-state index in [1.54, 1.807) is 24.3 Å². The molecule has 2 saturated carbocycles. The number of aliphatic carboxylic acids is 1. The van der Waals surface area contributed by atoms with Crippen molar-refractivity contribution in [2.75, 3.05) is 0 Å². The Morgan fingerprint density at radius 2 is 1.77 bits per heavy atom. The van der Waals surface area contributed by atoms with Gasteiger partial charge < -0.3 is 9.84 Å². The van der Waals surface area contributed by atoms with Crippen LogP contribution >= 0.6 is 0 Å². The summed E-state index contributed by atoms with van der Waals surface area (Å²) < 4.78 is 6.56. The van der Waals surface area contributed by atoms with E-state index in [1.807, 2.05) is 18.2 Å². The van der Waals surface area contributed by atoms with Gasteiger partial charge in [0.05, 0.1) is 0 Å². The van der Waals surface area contributed by atoms with E-state index in [2.05, 4.69) is 20.8 Å². The molecule has 2 fully saturated rings. The largest absolute Gasteiger partial charge is 0.486 e. The first kappa shape index (κ1) is 19.1. The average Bonchev–Trinajstić information content (AvgIpc) is 3.30. The minimum Gasteiger partial charge on any atom is -0.486 e. The lowest BCUT2D eigenvalue weighted by molar-refractivity contribution is -0.131. The molecule has 0 radical (unpaired) electrons. The van der Waals surface area contributed by atoms with Crippen LogP contribution in [0.25, 0.3) is 6.08 Å². The second-order valence-electron chi connectivity index (χ2n) is 9.67. The first-order valence-corrected chi connectivity index (χ1v) is 10.6. The molecule has 3 aliphatic rings. The number of carboxylic acids is 1. The summed E-state index contributed by atoms with van der Waals surface area (Å²) in [5, 5.41) is 8.75.